The number of nitrogens with zero attached hydrogens (tertiary/aromatic N) is 3. The molecule has 7 heteroatoms. The number of aromatic nitrogens is 3. The molecule has 2 aromatic rings. The summed E-state index contributed by atoms with van der Waals surface area (Å²) < 4.78 is 1.92. The molecule has 0 bridgehead atoms. The predicted octanol–water partition coefficient (Wildman–Crippen LogP) is 3.29. The molecule has 0 radical (unpaired) electrons. The van der Waals surface area contributed by atoms with E-state index in [9.17, 15) is 4.79 Å². The van der Waals surface area contributed by atoms with Gasteiger partial charge in [0, 0.05) is 5.02 Å². The van der Waals surface area contributed by atoms with Gasteiger partial charge in [-0.2, -0.15) is 0 Å². The van der Waals surface area contributed by atoms with Gasteiger partial charge in [-0.25, -0.2) is 4.68 Å². The molecule has 6 nitrogen and oxygen atoms in total. The zero-order valence-electron chi connectivity index (χ0n) is 15.8. The molecular formula is C20H26ClN5O. The van der Waals surface area contributed by atoms with Crippen LogP contribution < -0.4 is 10.6 Å². The summed E-state index contributed by atoms with van der Waals surface area (Å²) in [6.45, 7) is 6.11. The number of rotatable bonds is 5. The van der Waals surface area contributed by atoms with Crippen molar-refractivity contribution in [2.24, 2.45) is 11.8 Å². The van der Waals surface area contributed by atoms with Gasteiger partial charge < -0.3 is 10.6 Å². The van der Waals surface area contributed by atoms with Crippen LogP contribution >= 0.6 is 11.6 Å². The number of amides is 1. The van der Waals surface area contributed by atoms with Crippen LogP contribution in [-0.4, -0.2) is 34.0 Å². The van der Waals surface area contributed by atoms with Gasteiger partial charge in [0.05, 0.1) is 17.8 Å². The first-order valence-electron chi connectivity index (χ1n) is 9.73. The highest BCUT2D eigenvalue weighted by atomic mass is 35.5. The largest absolute Gasteiger partial charge is 0.343 e. The molecule has 0 unspecified atom stereocenters. The summed E-state index contributed by atoms with van der Waals surface area (Å²) in [4.78, 5) is 13.0. The molecule has 2 heterocycles. The van der Waals surface area contributed by atoms with E-state index < -0.39 is 0 Å². The van der Waals surface area contributed by atoms with Crippen LogP contribution in [0.1, 0.15) is 60.0 Å². The van der Waals surface area contributed by atoms with Crippen LogP contribution in [0.25, 0.3) is 0 Å². The van der Waals surface area contributed by atoms with Crippen molar-refractivity contribution in [2.45, 2.75) is 45.2 Å². The first kappa shape index (κ1) is 18.4. The van der Waals surface area contributed by atoms with Gasteiger partial charge in [0.2, 0.25) is 0 Å². The van der Waals surface area contributed by atoms with Crippen molar-refractivity contribution in [3.8, 4) is 0 Å². The highest BCUT2D eigenvalue weighted by molar-refractivity contribution is 6.30. The van der Waals surface area contributed by atoms with Gasteiger partial charge >= 0.3 is 0 Å². The molecule has 1 amide bonds. The van der Waals surface area contributed by atoms with Crippen LogP contribution in [0, 0.1) is 18.8 Å². The first-order valence-corrected chi connectivity index (χ1v) is 10.1. The number of piperidine rings is 1. The number of hydrogen-bond acceptors (Lipinski definition) is 4. The Morgan fingerprint density at radius 3 is 2.59 bits per heavy atom. The second-order valence-electron chi connectivity index (χ2n) is 7.83. The van der Waals surface area contributed by atoms with E-state index in [1.54, 1.807) is 0 Å². The molecule has 1 aromatic carbocycles. The minimum absolute atomic E-state index is 0.0202. The summed E-state index contributed by atoms with van der Waals surface area (Å²) in [5.41, 5.74) is 2.37. The second kappa shape index (κ2) is 7.60. The minimum atomic E-state index is -0.147. The fourth-order valence-corrected chi connectivity index (χ4v) is 4.21. The maximum Gasteiger partial charge on any atom is 0.274 e. The van der Waals surface area contributed by atoms with Gasteiger partial charge in [0.1, 0.15) is 0 Å². The summed E-state index contributed by atoms with van der Waals surface area (Å²) in [7, 11) is 0. The van der Waals surface area contributed by atoms with Gasteiger partial charge in [-0.1, -0.05) is 35.9 Å². The lowest BCUT2D eigenvalue weighted by molar-refractivity contribution is 0.0924. The highest BCUT2D eigenvalue weighted by Crippen LogP contribution is 2.47. The highest BCUT2D eigenvalue weighted by Gasteiger charge is 2.41. The number of hydrogen-bond donors (Lipinski definition) is 2. The molecule has 3 atom stereocenters. The molecule has 4 rings (SSSR count). The van der Waals surface area contributed by atoms with E-state index in [4.69, 9.17) is 11.6 Å². The van der Waals surface area contributed by atoms with E-state index in [1.807, 2.05) is 35.9 Å². The van der Waals surface area contributed by atoms with E-state index in [1.165, 1.54) is 0 Å². The topological polar surface area (TPSA) is 71.8 Å². The molecule has 1 saturated carbocycles. The van der Waals surface area contributed by atoms with Crippen molar-refractivity contribution in [2.75, 3.05) is 13.1 Å². The summed E-state index contributed by atoms with van der Waals surface area (Å²) >= 11 is 6.03. The summed E-state index contributed by atoms with van der Waals surface area (Å²) in [5, 5.41) is 15.8. The molecule has 2 aliphatic rings. The van der Waals surface area contributed by atoms with E-state index in [0.717, 1.165) is 43.6 Å². The normalized spacial score (nSPS) is 23.8. The Bertz CT molecular complexity index is 812. The predicted molar refractivity (Wildman–Crippen MR) is 105 cm³/mol. The molecule has 144 valence electrons. The van der Waals surface area contributed by atoms with E-state index >= 15 is 0 Å². The van der Waals surface area contributed by atoms with Gasteiger partial charge in [-0.15, -0.1) is 5.10 Å². The van der Waals surface area contributed by atoms with E-state index in [2.05, 4.69) is 27.9 Å². The quantitative estimate of drug-likeness (QED) is 0.825. The maximum atomic E-state index is 13.0. The maximum absolute atomic E-state index is 13.0. The van der Waals surface area contributed by atoms with Crippen molar-refractivity contribution in [1.82, 2.24) is 25.6 Å². The summed E-state index contributed by atoms with van der Waals surface area (Å²) in [6, 6.07) is 8.04. The van der Waals surface area contributed by atoms with Crippen LogP contribution in [0.15, 0.2) is 24.3 Å². The van der Waals surface area contributed by atoms with Crippen molar-refractivity contribution < 1.29 is 4.79 Å². The number of carbonyl (C=O) groups is 1. The van der Waals surface area contributed by atoms with Gasteiger partial charge in [0.15, 0.2) is 5.69 Å². The lowest BCUT2D eigenvalue weighted by Crippen LogP contribution is -2.32. The number of benzene rings is 1. The SMILES string of the molecule is Cc1c(C(=O)N[C@H](c2ccc(Cl)cc2)[C@H]2C[C@H]2C)nnn1C1CCNCC1. The van der Waals surface area contributed by atoms with Crippen LogP contribution in [0.2, 0.25) is 5.02 Å². The Labute approximate surface area is 164 Å². The zero-order valence-corrected chi connectivity index (χ0v) is 16.5. The fraction of sp³-hybridized carbons (Fsp3) is 0.550. The molecule has 1 aliphatic heterocycles. The molecule has 1 saturated heterocycles. The number of carbonyl (C=O) groups excluding carboxylic acids is 1. The van der Waals surface area contributed by atoms with Crippen molar-refractivity contribution in [3.63, 3.8) is 0 Å². The average molecular weight is 388 g/mol. The lowest BCUT2D eigenvalue weighted by Gasteiger charge is -2.23. The zero-order chi connectivity index (χ0) is 19.0. The van der Waals surface area contributed by atoms with E-state index in [0.29, 0.717) is 28.6 Å². The van der Waals surface area contributed by atoms with Gasteiger partial charge in [-0.3, -0.25) is 4.79 Å². The van der Waals surface area contributed by atoms with E-state index in [-0.39, 0.29) is 11.9 Å². The monoisotopic (exact) mass is 387 g/mol. The third kappa shape index (κ3) is 3.87. The molecule has 27 heavy (non-hydrogen) atoms. The second-order valence-corrected chi connectivity index (χ2v) is 8.27. The number of halogens is 1. The molecule has 0 spiro atoms. The first-order chi connectivity index (χ1) is 13.0. The minimum Gasteiger partial charge on any atom is -0.343 e. The third-order valence-electron chi connectivity index (χ3n) is 5.91. The van der Waals surface area contributed by atoms with Crippen LogP contribution in [0.5, 0.6) is 0 Å². The van der Waals surface area contributed by atoms with Crippen molar-refractivity contribution >= 4 is 17.5 Å². The Hall–Kier alpha value is -1.92. The van der Waals surface area contributed by atoms with Gasteiger partial charge in [-0.05, 0) is 68.8 Å². The standard InChI is InChI=1S/C20H26ClN5O/c1-12-11-17(12)19(14-3-5-15(21)6-4-14)23-20(27)18-13(2)26(25-24-18)16-7-9-22-10-8-16/h3-6,12,16-17,19,22H,7-11H2,1-2H3,(H,23,27)/t12-,17+,19-/m1/s1. The smallest absolute Gasteiger partial charge is 0.274 e. The third-order valence-corrected chi connectivity index (χ3v) is 6.16. The Kier molecular flexibility index (Phi) is 5.19. The van der Waals surface area contributed by atoms with Crippen LogP contribution in [0.3, 0.4) is 0 Å². The molecule has 2 fully saturated rings. The molecule has 2 N–H and O–H groups in total. The molecular weight excluding hydrogens is 362 g/mol. The van der Waals surface area contributed by atoms with Crippen molar-refractivity contribution in [3.05, 3.63) is 46.2 Å². The van der Waals surface area contributed by atoms with Crippen LogP contribution in [-0.2, 0) is 0 Å². The Balaban J connectivity index is 1.53. The Morgan fingerprint density at radius 2 is 1.96 bits per heavy atom. The van der Waals surface area contributed by atoms with Crippen molar-refractivity contribution in [1.29, 1.82) is 0 Å². The lowest BCUT2D eigenvalue weighted by atomic mass is 10.0. The van der Waals surface area contributed by atoms with Gasteiger partial charge in [0.25, 0.3) is 5.91 Å². The number of nitrogens with one attached hydrogen (secondary N) is 2. The summed E-state index contributed by atoms with van der Waals surface area (Å²) in [6.07, 6.45) is 3.14. The fourth-order valence-electron chi connectivity index (χ4n) is 4.08. The average Bonchev–Trinajstić information content (AvgIpc) is 3.27. The van der Waals surface area contributed by atoms with Crippen LogP contribution in [0.4, 0.5) is 0 Å². The molecule has 1 aliphatic carbocycles. The summed E-state index contributed by atoms with van der Waals surface area (Å²) in [5.74, 6) is 0.916. The Morgan fingerprint density at radius 1 is 1.30 bits per heavy atom. The molecule has 1 aromatic heterocycles.